The van der Waals surface area contributed by atoms with Crippen molar-refractivity contribution in [1.82, 2.24) is 5.16 Å². The number of nitrogens with zero attached hydrogens (tertiary/aromatic N) is 1. The van der Waals surface area contributed by atoms with Crippen molar-refractivity contribution in [2.75, 3.05) is 11.8 Å². The minimum absolute atomic E-state index is 0.00472. The van der Waals surface area contributed by atoms with Crippen molar-refractivity contribution in [2.24, 2.45) is 0 Å². The van der Waals surface area contributed by atoms with E-state index in [2.05, 4.69) is 9.88 Å². The molecule has 0 atom stereocenters. The van der Waals surface area contributed by atoms with Gasteiger partial charge in [0, 0.05) is 11.6 Å². The van der Waals surface area contributed by atoms with Gasteiger partial charge in [0.05, 0.1) is 23.5 Å². The largest absolute Gasteiger partial charge is 0.495 e. The molecule has 1 heterocycles. The molecule has 3 rings (SSSR count). The van der Waals surface area contributed by atoms with Crippen molar-refractivity contribution in [1.29, 1.82) is 0 Å². The minimum Gasteiger partial charge on any atom is -0.495 e. The van der Waals surface area contributed by atoms with Gasteiger partial charge in [-0.05, 0) is 37.3 Å². The Morgan fingerprint density at radius 1 is 1.16 bits per heavy atom. The summed E-state index contributed by atoms with van der Waals surface area (Å²) in [5.41, 5.74) is 1.68. The first-order chi connectivity index (χ1) is 11.9. The van der Waals surface area contributed by atoms with Gasteiger partial charge < -0.3 is 9.26 Å². The fraction of sp³-hybridized carbons (Fsp3) is 0.118. The van der Waals surface area contributed by atoms with E-state index >= 15 is 0 Å². The third kappa shape index (κ3) is 3.62. The Hall–Kier alpha value is -2.51. The summed E-state index contributed by atoms with van der Waals surface area (Å²) in [5, 5.41) is 4.13. The standard InChI is InChI=1S/C17H15ClN2O4S/c1-11-9-15(24-19-11)12-7-8-17(16(10-12)23-2)25(21,22)20-14-6-4-3-5-13(14)18/h3-10,20H,1-2H3. The Morgan fingerprint density at radius 3 is 2.56 bits per heavy atom. The van der Waals surface area contributed by atoms with Gasteiger partial charge >= 0.3 is 0 Å². The van der Waals surface area contributed by atoms with Crippen LogP contribution >= 0.6 is 11.6 Å². The maximum absolute atomic E-state index is 12.7. The van der Waals surface area contributed by atoms with Gasteiger partial charge in [0.15, 0.2) is 5.76 Å². The fourth-order valence-electron chi connectivity index (χ4n) is 2.29. The number of sulfonamides is 1. The molecular weight excluding hydrogens is 364 g/mol. The number of hydrogen-bond donors (Lipinski definition) is 1. The molecule has 25 heavy (non-hydrogen) atoms. The van der Waals surface area contributed by atoms with Gasteiger partial charge in [-0.25, -0.2) is 8.42 Å². The minimum atomic E-state index is -3.88. The van der Waals surface area contributed by atoms with Gasteiger partial charge in [-0.2, -0.15) is 0 Å². The smallest absolute Gasteiger partial charge is 0.265 e. The van der Waals surface area contributed by atoms with Crippen molar-refractivity contribution in [2.45, 2.75) is 11.8 Å². The second-order valence-corrected chi connectivity index (χ2v) is 7.34. The number of halogens is 1. The van der Waals surface area contributed by atoms with Gasteiger partial charge in [-0.15, -0.1) is 0 Å². The van der Waals surface area contributed by atoms with E-state index in [0.717, 1.165) is 5.69 Å². The average Bonchev–Trinajstić information content (AvgIpc) is 3.02. The summed E-state index contributed by atoms with van der Waals surface area (Å²) in [7, 11) is -2.48. The molecule has 6 nitrogen and oxygen atoms in total. The van der Waals surface area contributed by atoms with E-state index in [-0.39, 0.29) is 10.6 Å². The maximum atomic E-state index is 12.7. The van der Waals surface area contributed by atoms with Gasteiger partial charge in [0.1, 0.15) is 10.6 Å². The van der Waals surface area contributed by atoms with Gasteiger partial charge in [0.25, 0.3) is 10.0 Å². The predicted molar refractivity (Wildman–Crippen MR) is 95.5 cm³/mol. The third-order valence-electron chi connectivity index (χ3n) is 3.48. The molecule has 0 unspecified atom stereocenters. The topological polar surface area (TPSA) is 81.4 Å². The summed E-state index contributed by atoms with van der Waals surface area (Å²) in [6, 6.07) is 13.0. The van der Waals surface area contributed by atoms with Crippen LogP contribution in [0.25, 0.3) is 11.3 Å². The van der Waals surface area contributed by atoms with Crippen LogP contribution in [-0.4, -0.2) is 20.7 Å². The average molecular weight is 379 g/mol. The number of benzene rings is 2. The van der Waals surface area contributed by atoms with Crippen molar-refractivity contribution in [3.63, 3.8) is 0 Å². The summed E-state index contributed by atoms with van der Waals surface area (Å²) in [6.07, 6.45) is 0. The first kappa shape index (κ1) is 17.3. The lowest BCUT2D eigenvalue weighted by molar-refractivity contribution is 0.402. The summed E-state index contributed by atoms with van der Waals surface area (Å²) < 4.78 is 38.3. The first-order valence-electron chi connectivity index (χ1n) is 7.30. The Labute approximate surface area is 150 Å². The van der Waals surface area contributed by atoms with E-state index in [4.69, 9.17) is 20.9 Å². The second kappa shape index (κ2) is 6.78. The highest BCUT2D eigenvalue weighted by Crippen LogP contribution is 2.32. The van der Waals surface area contributed by atoms with Crippen molar-refractivity contribution < 1.29 is 17.7 Å². The van der Waals surface area contributed by atoms with Gasteiger partial charge in [-0.3, -0.25) is 4.72 Å². The van der Waals surface area contributed by atoms with Crippen LogP contribution in [0, 0.1) is 6.92 Å². The molecule has 0 radical (unpaired) electrons. The number of ether oxygens (including phenoxy) is 1. The molecule has 2 aromatic carbocycles. The normalized spacial score (nSPS) is 11.3. The maximum Gasteiger partial charge on any atom is 0.265 e. The highest BCUT2D eigenvalue weighted by Gasteiger charge is 2.21. The number of aromatic nitrogens is 1. The van der Waals surface area contributed by atoms with Gasteiger partial charge in [-0.1, -0.05) is 28.9 Å². The molecule has 0 spiro atoms. The monoisotopic (exact) mass is 378 g/mol. The van der Waals surface area contributed by atoms with E-state index < -0.39 is 10.0 Å². The van der Waals surface area contributed by atoms with Crippen LogP contribution in [0.3, 0.4) is 0 Å². The van der Waals surface area contributed by atoms with Crippen LogP contribution in [0.4, 0.5) is 5.69 Å². The molecule has 3 aromatic rings. The van der Waals surface area contributed by atoms with Crippen LogP contribution in [-0.2, 0) is 10.0 Å². The number of nitrogens with one attached hydrogen (secondary N) is 1. The summed E-state index contributed by atoms with van der Waals surface area (Å²) in [5.74, 6) is 0.713. The molecule has 0 aliphatic carbocycles. The lowest BCUT2D eigenvalue weighted by atomic mass is 10.1. The SMILES string of the molecule is COc1cc(-c2cc(C)no2)ccc1S(=O)(=O)Nc1ccccc1Cl. The molecule has 1 aromatic heterocycles. The van der Waals surface area contributed by atoms with E-state index in [0.29, 0.717) is 22.0 Å². The van der Waals surface area contributed by atoms with Crippen molar-refractivity contribution in [3.8, 4) is 17.1 Å². The molecule has 0 amide bonds. The zero-order valence-corrected chi connectivity index (χ0v) is 15.1. The number of aryl methyl sites for hydroxylation is 1. The quantitative estimate of drug-likeness (QED) is 0.722. The molecule has 0 aliphatic rings. The summed E-state index contributed by atoms with van der Waals surface area (Å²) in [6.45, 7) is 1.80. The molecule has 1 N–H and O–H groups in total. The van der Waals surface area contributed by atoms with Crippen molar-refractivity contribution >= 4 is 27.3 Å². The molecule has 0 aliphatic heterocycles. The Kier molecular flexibility index (Phi) is 4.69. The third-order valence-corrected chi connectivity index (χ3v) is 5.22. The van der Waals surface area contributed by atoms with E-state index in [1.54, 1.807) is 49.4 Å². The molecule has 0 bridgehead atoms. The van der Waals surface area contributed by atoms with Crippen molar-refractivity contribution in [3.05, 3.63) is 59.2 Å². The molecule has 0 saturated heterocycles. The van der Waals surface area contributed by atoms with Crippen LogP contribution in [0.1, 0.15) is 5.69 Å². The number of anilines is 1. The Bertz CT molecular complexity index is 1010. The lowest BCUT2D eigenvalue weighted by Crippen LogP contribution is -2.14. The molecule has 0 saturated carbocycles. The zero-order valence-electron chi connectivity index (χ0n) is 13.5. The molecule has 8 heteroatoms. The number of para-hydroxylation sites is 1. The summed E-state index contributed by atoms with van der Waals surface area (Å²) >= 11 is 6.02. The van der Waals surface area contributed by atoms with Crippen LogP contribution < -0.4 is 9.46 Å². The van der Waals surface area contributed by atoms with E-state index in [1.165, 1.54) is 13.2 Å². The van der Waals surface area contributed by atoms with Gasteiger partial charge in [0.2, 0.25) is 0 Å². The zero-order chi connectivity index (χ0) is 18.0. The molecule has 130 valence electrons. The Balaban J connectivity index is 2.00. The number of rotatable bonds is 5. The number of hydrogen-bond acceptors (Lipinski definition) is 5. The summed E-state index contributed by atoms with van der Waals surface area (Å²) in [4.78, 5) is -0.00472. The second-order valence-electron chi connectivity index (χ2n) is 5.28. The predicted octanol–water partition coefficient (Wildman–Crippen LogP) is 4.11. The van der Waals surface area contributed by atoms with E-state index in [9.17, 15) is 8.42 Å². The highest BCUT2D eigenvalue weighted by molar-refractivity contribution is 7.92. The van der Waals surface area contributed by atoms with Crippen LogP contribution in [0.5, 0.6) is 5.75 Å². The Morgan fingerprint density at radius 2 is 1.92 bits per heavy atom. The molecule has 0 fully saturated rings. The molecular formula is C17H15ClN2O4S. The van der Waals surface area contributed by atoms with E-state index in [1.807, 2.05) is 0 Å². The fourth-order valence-corrected chi connectivity index (χ4v) is 3.76. The van der Waals surface area contributed by atoms with Crippen LogP contribution in [0.15, 0.2) is 57.9 Å². The number of methoxy groups -OCH3 is 1. The first-order valence-corrected chi connectivity index (χ1v) is 9.16. The highest BCUT2D eigenvalue weighted by atomic mass is 35.5. The lowest BCUT2D eigenvalue weighted by Gasteiger charge is -2.13. The van der Waals surface area contributed by atoms with Crippen LogP contribution in [0.2, 0.25) is 5.02 Å².